The van der Waals surface area contributed by atoms with Crippen molar-refractivity contribution < 1.29 is 19.4 Å². The number of benzene rings is 1. The first kappa shape index (κ1) is 13.9. The van der Waals surface area contributed by atoms with E-state index >= 15 is 0 Å². The van der Waals surface area contributed by atoms with Gasteiger partial charge in [-0.05, 0) is 18.2 Å². The minimum absolute atomic E-state index is 0.113. The van der Waals surface area contributed by atoms with E-state index in [0.717, 1.165) is 0 Å². The maximum atomic E-state index is 11.6. The molecule has 0 atom stereocenters. The van der Waals surface area contributed by atoms with Gasteiger partial charge in [0.2, 0.25) is 0 Å². The van der Waals surface area contributed by atoms with Crippen LogP contribution in [-0.4, -0.2) is 33.8 Å². The number of carboxylic acid groups (broad SMARTS) is 1. The molecule has 0 bridgehead atoms. The third-order valence-corrected chi connectivity index (χ3v) is 2.48. The van der Waals surface area contributed by atoms with Crippen LogP contribution in [0.15, 0.2) is 30.3 Å². The Morgan fingerprint density at radius 1 is 1.40 bits per heavy atom. The van der Waals surface area contributed by atoms with Gasteiger partial charge in [-0.2, -0.15) is 5.10 Å². The average Bonchev–Trinajstić information content (AvgIpc) is 2.85. The number of ether oxygens (including phenoxy) is 1. The maximum absolute atomic E-state index is 11.6. The molecule has 1 heterocycles. The molecule has 2 rings (SSSR count). The van der Waals surface area contributed by atoms with Crippen molar-refractivity contribution in [3.63, 3.8) is 0 Å². The molecule has 0 radical (unpaired) electrons. The van der Waals surface area contributed by atoms with Crippen LogP contribution in [-0.2, 0) is 4.79 Å². The van der Waals surface area contributed by atoms with Gasteiger partial charge in [0.05, 0.1) is 0 Å². The average molecular weight is 296 g/mol. The van der Waals surface area contributed by atoms with E-state index in [4.69, 9.17) is 21.4 Å². The van der Waals surface area contributed by atoms with Crippen LogP contribution in [0.25, 0.3) is 0 Å². The fraction of sp³-hybridized carbons (Fsp3) is 0.0833. The van der Waals surface area contributed by atoms with Gasteiger partial charge in [0, 0.05) is 11.1 Å². The summed E-state index contributed by atoms with van der Waals surface area (Å²) in [5.41, 5.74) is -0.115. The zero-order valence-corrected chi connectivity index (χ0v) is 10.8. The first-order chi connectivity index (χ1) is 9.54. The summed E-state index contributed by atoms with van der Waals surface area (Å²) < 4.78 is 5.22. The van der Waals surface area contributed by atoms with Crippen LogP contribution >= 0.6 is 11.6 Å². The largest absolute Gasteiger partial charge is 0.484 e. The van der Waals surface area contributed by atoms with Crippen LogP contribution in [0.3, 0.4) is 0 Å². The number of rotatable bonds is 5. The fourth-order valence-electron chi connectivity index (χ4n) is 1.38. The number of aromatic carboxylic acids is 1. The zero-order valence-electron chi connectivity index (χ0n) is 10.1. The van der Waals surface area contributed by atoms with Crippen molar-refractivity contribution in [1.29, 1.82) is 0 Å². The zero-order chi connectivity index (χ0) is 14.5. The molecular formula is C12H10ClN3O4. The van der Waals surface area contributed by atoms with Crippen molar-refractivity contribution in [3.05, 3.63) is 41.0 Å². The molecular weight excluding hydrogens is 286 g/mol. The highest BCUT2D eigenvalue weighted by atomic mass is 35.5. The van der Waals surface area contributed by atoms with Crippen molar-refractivity contribution in [2.24, 2.45) is 0 Å². The Hall–Kier alpha value is -2.54. The Morgan fingerprint density at radius 2 is 2.20 bits per heavy atom. The molecule has 0 aliphatic heterocycles. The summed E-state index contributed by atoms with van der Waals surface area (Å²) in [7, 11) is 0. The minimum atomic E-state index is -1.16. The Morgan fingerprint density at radius 3 is 2.85 bits per heavy atom. The van der Waals surface area contributed by atoms with E-state index < -0.39 is 11.9 Å². The van der Waals surface area contributed by atoms with Crippen LogP contribution in [0.1, 0.15) is 10.5 Å². The van der Waals surface area contributed by atoms with Gasteiger partial charge < -0.3 is 15.2 Å². The monoisotopic (exact) mass is 295 g/mol. The van der Waals surface area contributed by atoms with Crippen molar-refractivity contribution >= 4 is 29.3 Å². The highest BCUT2D eigenvalue weighted by molar-refractivity contribution is 6.30. The lowest BCUT2D eigenvalue weighted by Gasteiger charge is -2.05. The Kier molecular flexibility index (Phi) is 4.21. The standard InChI is InChI=1S/C12H10ClN3O4/c13-7-2-1-3-8(4-7)20-6-11(17)14-10-5-9(12(18)19)15-16-10/h1-5H,6H2,(H,18,19)(H2,14,15,16,17). The minimum Gasteiger partial charge on any atom is -0.484 e. The summed E-state index contributed by atoms with van der Waals surface area (Å²) >= 11 is 5.77. The summed E-state index contributed by atoms with van der Waals surface area (Å²) in [6.45, 7) is -0.240. The predicted octanol–water partition coefficient (Wildman–Crippen LogP) is 1.78. The van der Waals surface area contributed by atoms with Gasteiger partial charge in [0.1, 0.15) is 11.4 Å². The summed E-state index contributed by atoms with van der Waals surface area (Å²) in [6, 6.07) is 7.83. The number of nitrogens with one attached hydrogen (secondary N) is 2. The Bertz CT molecular complexity index is 641. The van der Waals surface area contributed by atoms with Crippen LogP contribution in [0.5, 0.6) is 5.75 Å². The molecule has 1 amide bonds. The van der Waals surface area contributed by atoms with E-state index in [1.54, 1.807) is 24.3 Å². The van der Waals surface area contributed by atoms with Gasteiger partial charge in [0.15, 0.2) is 12.4 Å². The number of carbonyl (C=O) groups excluding carboxylic acids is 1. The number of aromatic amines is 1. The van der Waals surface area contributed by atoms with Crippen LogP contribution < -0.4 is 10.1 Å². The van der Waals surface area contributed by atoms with Crippen LogP contribution in [0.4, 0.5) is 5.82 Å². The van der Waals surface area contributed by atoms with E-state index in [2.05, 4.69) is 15.5 Å². The van der Waals surface area contributed by atoms with Crippen molar-refractivity contribution in [2.45, 2.75) is 0 Å². The molecule has 2 aromatic rings. The molecule has 3 N–H and O–H groups in total. The smallest absolute Gasteiger partial charge is 0.353 e. The predicted molar refractivity (Wildman–Crippen MR) is 71.1 cm³/mol. The first-order valence-electron chi connectivity index (χ1n) is 5.51. The molecule has 104 valence electrons. The topological polar surface area (TPSA) is 104 Å². The molecule has 0 aliphatic rings. The lowest BCUT2D eigenvalue weighted by molar-refractivity contribution is -0.118. The lowest BCUT2D eigenvalue weighted by atomic mass is 10.3. The second-order valence-electron chi connectivity index (χ2n) is 3.77. The van der Waals surface area contributed by atoms with Gasteiger partial charge in [-0.3, -0.25) is 9.89 Å². The molecule has 0 saturated carbocycles. The Balaban J connectivity index is 1.87. The fourth-order valence-corrected chi connectivity index (χ4v) is 1.56. The number of carbonyl (C=O) groups is 2. The van der Waals surface area contributed by atoms with Crippen LogP contribution in [0.2, 0.25) is 5.02 Å². The number of nitrogens with zero attached hydrogens (tertiary/aromatic N) is 1. The summed E-state index contributed by atoms with van der Waals surface area (Å²) in [4.78, 5) is 22.2. The molecule has 1 aromatic heterocycles. The maximum Gasteiger partial charge on any atom is 0.353 e. The van der Waals surface area contributed by atoms with Crippen molar-refractivity contribution in [2.75, 3.05) is 11.9 Å². The summed E-state index contributed by atoms with van der Waals surface area (Å²) in [5, 5.41) is 17.5. The van der Waals surface area contributed by atoms with Crippen molar-refractivity contribution in [3.8, 4) is 5.75 Å². The summed E-state index contributed by atoms with van der Waals surface area (Å²) in [5.74, 6) is -1.05. The Labute approximate surface area is 118 Å². The van der Waals surface area contributed by atoms with E-state index in [0.29, 0.717) is 10.8 Å². The molecule has 7 nitrogen and oxygen atoms in total. The van der Waals surface area contributed by atoms with E-state index in [9.17, 15) is 9.59 Å². The van der Waals surface area contributed by atoms with Gasteiger partial charge in [0.25, 0.3) is 5.91 Å². The van der Waals surface area contributed by atoms with E-state index in [1.165, 1.54) is 6.07 Å². The number of hydrogen-bond acceptors (Lipinski definition) is 4. The molecule has 0 unspecified atom stereocenters. The van der Waals surface area contributed by atoms with Crippen LogP contribution in [0, 0.1) is 0 Å². The van der Waals surface area contributed by atoms with E-state index in [-0.39, 0.29) is 18.1 Å². The van der Waals surface area contributed by atoms with Gasteiger partial charge in [-0.1, -0.05) is 17.7 Å². The van der Waals surface area contributed by atoms with Gasteiger partial charge in [-0.25, -0.2) is 4.79 Å². The van der Waals surface area contributed by atoms with Gasteiger partial charge >= 0.3 is 5.97 Å². The molecule has 0 saturated heterocycles. The number of carboxylic acids is 1. The summed E-state index contributed by atoms with van der Waals surface area (Å²) in [6.07, 6.45) is 0. The number of anilines is 1. The molecule has 1 aromatic carbocycles. The third-order valence-electron chi connectivity index (χ3n) is 2.24. The number of aromatic nitrogens is 2. The SMILES string of the molecule is O=C(COc1cccc(Cl)c1)Nc1cc(C(=O)O)[nH]n1. The third kappa shape index (κ3) is 3.72. The van der Waals surface area contributed by atoms with Crippen molar-refractivity contribution in [1.82, 2.24) is 10.2 Å². The number of H-pyrrole nitrogens is 1. The molecule has 0 fully saturated rings. The number of halogens is 1. The number of hydrogen-bond donors (Lipinski definition) is 3. The molecule has 8 heteroatoms. The van der Waals surface area contributed by atoms with E-state index in [1.807, 2.05) is 0 Å². The van der Waals surface area contributed by atoms with Gasteiger partial charge in [-0.15, -0.1) is 0 Å². The second-order valence-corrected chi connectivity index (χ2v) is 4.20. The molecule has 0 aliphatic carbocycles. The lowest BCUT2D eigenvalue weighted by Crippen LogP contribution is -2.20. The number of amides is 1. The quantitative estimate of drug-likeness (QED) is 0.780. The second kappa shape index (κ2) is 6.07. The first-order valence-corrected chi connectivity index (χ1v) is 5.89. The highest BCUT2D eigenvalue weighted by Crippen LogP contribution is 2.17. The normalized spacial score (nSPS) is 10.1. The molecule has 20 heavy (non-hydrogen) atoms. The molecule has 0 spiro atoms. The highest BCUT2D eigenvalue weighted by Gasteiger charge is 2.10.